The zero-order chi connectivity index (χ0) is 27.3. The van der Waals surface area contributed by atoms with Gasteiger partial charge in [0.05, 0.1) is 0 Å². The van der Waals surface area contributed by atoms with Crippen molar-refractivity contribution < 1.29 is 75.0 Å². The highest BCUT2D eigenvalue weighted by atomic mass is 19.4. The summed E-state index contributed by atoms with van der Waals surface area (Å²) in [6.45, 7) is 1.03. The monoisotopic (exact) mass is 535 g/mol. The van der Waals surface area contributed by atoms with Crippen molar-refractivity contribution in [3.05, 3.63) is 29.8 Å². The Bertz CT molecular complexity index is 910. The summed E-state index contributed by atoms with van der Waals surface area (Å²) in [5.74, 6) is -59.7. The summed E-state index contributed by atoms with van der Waals surface area (Å²) in [6.07, 6.45) is -5.92. The van der Waals surface area contributed by atoms with E-state index in [9.17, 15) is 75.0 Å². The first-order valence-corrected chi connectivity index (χ1v) is 8.15. The lowest BCUT2D eigenvalue weighted by Crippen LogP contribution is -2.74. The van der Waals surface area contributed by atoms with Crippen LogP contribution in [0.1, 0.15) is 5.56 Å². The number of para-hydroxylation sites is 1. The smallest absolute Gasteiger partial charge is 0.320 e. The molecule has 0 fully saturated rings. The molecule has 18 heteroatoms. The lowest BCUT2D eigenvalue weighted by atomic mass is 9.89. The van der Waals surface area contributed by atoms with Crippen molar-refractivity contribution in [1.29, 1.82) is 0 Å². The van der Waals surface area contributed by atoms with Crippen LogP contribution in [0.4, 0.5) is 75.9 Å². The average Bonchev–Trinajstić information content (AvgIpc) is 2.68. The SMILES string of the molecule is Cc1ccccc1NC(=O)C(F)(F)C(F)(F)C(F)(F)C(F)(F)C(F)(F)C(F)(F)C(F)(F)C(F)F. The van der Waals surface area contributed by atoms with E-state index in [0.29, 0.717) is 6.07 Å². The predicted octanol–water partition coefficient (Wildman–Crippen LogP) is 6.65. The summed E-state index contributed by atoms with van der Waals surface area (Å²) in [7, 11) is 0. The van der Waals surface area contributed by atoms with Crippen LogP contribution in [0.15, 0.2) is 24.3 Å². The number of aryl methyl sites for hydroxylation is 1. The molecular weight excluding hydrogens is 526 g/mol. The van der Waals surface area contributed by atoms with Gasteiger partial charge in [0, 0.05) is 5.69 Å². The molecule has 0 saturated carbocycles. The molecular formula is C16H9F16NO. The Morgan fingerprint density at radius 2 is 1.06 bits per heavy atom. The third-order valence-corrected chi connectivity index (χ3v) is 4.34. The van der Waals surface area contributed by atoms with Gasteiger partial charge in [0.25, 0.3) is 0 Å². The number of hydrogen-bond acceptors (Lipinski definition) is 1. The van der Waals surface area contributed by atoms with Crippen LogP contribution in [0, 0.1) is 6.92 Å². The molecule has 0 aliphatic heterocycles. The molecule has 1 aromatic rings. The second kappa shape index (κ2) is 8.35. The highest BCUT2D eigenvalue weighted by Gasteiger charge is 2.94. The number of benzene rings is 1. The molecule has 0 saturated heterocycles. The molecule has 0 aliphatic carbocycles. The lowest BCUT2D eigenvalue weighted by Gasteiger charge is -2.42. The molecule has 34 heavy (non-hydrogen) atoms. The predicted molar refractivity (Wildman–Crippen MR) is 80.4 cm³/mol. The van der Waals surface area contributed by atoms with Crippen LogP contribution in [-0.2, 0) is 4.79 Å². The van der Waals surface area contributed by atoms with Crippen molar-refractivity contribution in [3.8, 4) is 0 Å². The van der Waals surface area contributed by atoms with Gasteiger partial charge in [0.2, 0.25) is 0 Å². The zero-order valence-electron chi connectivity index (χ0n) is 15.8. The maximum absolute atomic E-state index is 13.8. The normalized spacial score (nSPS) is 15.0. The van der Waals surface area contributed by atoms with Gasteiger partial charge in [0.15, 0.2) is 0 Å². The molecule has 1 amide bonds. The zero-order valence-corrected chi connectivity index (χ0v) is 15.8. The van der Waals surface area contributed by atoms with Gasteiger partial charge in [-0.25, -0.2) is 8.78 Å². The largest absolute Gasteiger partial charge is 0.393 e. The van der Waals surface area contributed by atoms with Crippen molar-refractivity contribution in [2.75, 3.05) is 5.32 Å². The molecule has 0 spiro atoms. The Balaban J connectivity index is 3.56. The molecule has 0 aromatic heterocycles. The fourth-order valence-corrected chi connectivity index (χ4v) is 2.19. The van der Waals surface area contributed by atoms with Gasteiger partial charge in [-0.3, -0.25) is 4.79 Å². The fraction of sp³-hybridized carbons (Fsp3) is 0.562. The number of anilines is 1. The third kappa shape index (κ3) is 3.91. The maximum atomic E-state index is 13.8. The number of hydrogen-bond donors (Lipinski definition) is 1. The Kier molecular flexibility index (Phi) is 7.27. The van der Waals surface area contributed by atoms with Crippen LogP contribution in [0.3, 0.4) is 0 Å². The van der Waals surface area contributed by atoms with E-state index < -0.39 is 59.5 Å². The molecule has 196 valence electrons. The van der Waals surface area contributed by atoms with Gasteiger partial charge in [0.1, 0.15) is 0 Å². The van der Waals surface area contributed by atoms with Crippen LogP contribution < -0.4 is 5.32 Å². The minimum Gasteiger partial charge on any atom is -0.320 e. The van der Waals surface area contributed by atoms with E-state index in [1.165, 1.54) is 6.07 Å². The van der Waals surface area contributed by atoms with Crippen LogP contribution in [0.5, 0.6) is 0 Å². The van der Waals surface area contributed by atoms with Gasteiger partial charge in [-0.2, -0.15) is 61.5 Å². The quantitative estimate of drug-likeness (QED) is 0.353. The molecule has 2 nitrogen and oxygen atoms in total. The summed E-state index contributed by atoms with van der Waals surface area (Å²) in [4.78, 5) is 11.4. The Hall–Kier alpha value is -2.43. The Morgan fingerprint density at radius 3 is 1.47 bits per heavy atom. The van der Waals surface area contributed by atoms with Gasteiger partial charge < -0.3 is 5.32 Å². The summed E-state index contributed by atoms with van der Waals surface area (Å²) in [5.41, 5.74) is -1.00. The van der Waals surface area contributed by atoms with Gasteiger partial charge in [-0.15, -0.1) is 0 Å². The topological polar surface area (TPSA) is 29.1 Å². The van der Waals surface area contributed by atoms with Gasteiger partial charge in [-0.05, 0) is 18.6 Å². The Labute approximate surface area is 177 Å². The average molecular weight is 535 g/mol. The van der Waals surface area contributed by atoms with Crippen LogP contribution >= 0.6 is 0 Å². The second-order valence-corrected chi connectivity index (χ2v) is 6.64. The number of halogens is 16. The van der Waals surface area contributed by atoms with Crippen LogP contribution in [-0.4, -0.2) is 53.8 Å². The molecule has 1 rings (SSSR count). The van der Waals surface area contributed by atoms with E-state index in [2.05, 4.69) is 0 Å². The molecule has 0 aliphatic rings. The summed E-state index contributed by atoms with van der Waals surface area (Å²) in [5, 5.41) is 0.886. The fourth-order valence-electron chi connectivity index (χ4n) is 2.19. The molecule has 1 N–H and O–H groups in total. The van der Waals surface area contributed by atoms with Crippen molar-refractivity contribution in [2.24, 2.45) is 0 Å². The first kappa shape index (κ1) is 29.6. The van der Waals surface area contributed by atoms with E-state index >= 15 is 0 Å². The van der Waals surface area contributed by atoms with Gasteiger partial charge in [-0.1, -0.05) is 18.2 Å². The maximum Gasteiger partial charge on any atom is 0.393 e. The van der Waals surface area contributed by atoms with E-state index in [-0.39, 0.29) is 5.56 Å². The molecule has 1 aromatic carbocycles. The number of carbonyl (C=O) groups excluding carboxylic acids is 1. The molecule has 0 unspecified atom stereocenters. The summed E-state index contributed by atoms with van der Waals surface area (Å²) in [6, 6.07) is 3.88. The van der Waals surface area contributed by atoms with E-state index in [4.69, 9.17) is 0 Å². The summed E-state index contributed by atoms with van der Waals surface area (Å²) < 4.78 is 212. The minimum absolute atomic E-state index is 0.201. The van der Waals surface area contributed by atoms with Crippen molar-refractivity contribution >= 4 is 11.6 Å². The number of rotatable bonds is 9. The molecule has 0 bridgehead atoms. The van der Waals surface area contributed by atoms with E-state index in [1.807, 2.05) is 0 Å². The minimum atomic E-state index is -8.54. The van der Waals surface area contributed by atoms with Crippen LogP contribution in [0.2, 0.25) is 0 Å². The Morgan fingerprint density at radius 1 is 0.676 bits per heavy atom. The van der Waals surface area contributed by atoms with E-state index in [0.717, 1.165) is 24.4 Å². The molecule has 0 radical (unpaired) electrons. The number of carbonyl (C=O) groups is 1. The third-order valence-electron chi connectivity index (χ3n) is 4.34. The van der Waals surface area contributed by atoms with Crippen molar-refractivity contribution in [2.45, 2.75) is 54.8 Å². The summed E-state index contributed by atoms with van der Waals surface area (Å²) >= 11 is 0. The lowest BCUT2D eigenvalue weighted by molar-refractivity contribution is -0.443. The number of alkyl halides is 16. The highest BCUT2D eigenvalue weighted by Crippen LogP contribution is 2.62. The van der Waals surface area contributed by atoms with Gasteiger partial charge >= 0.3 is 53.8 Å². The van der Waals surface area contributed by atoms with Crippen molar-refractivity contribution in [3.63, 3.8) is 0 Å². The van der Waals surface area contributed by atoms with E-state index in [1.54, 1.807) is 0 Å². The van der Waals surface area contributed by atoms with Crippen molar-refractivity contribution in [1.82, 2.24) is 0 Å². The highest BCUT2D eigenvalue weighted by molar-refractivity contribution is 5.97. The number of nitrogens with one attached hydrogen (secondary N) is 1. The first-order valence-electron chi connectivity index (χ1n) is 8.15. The van der Waals surface area contributed by atoms with Crippen LogP contribution in [0.25, 0.3) is 0 Å². The molecule has 0 atom stereocenters. The first-order chi connectivity index (χ1) is 14.9. The second-order valence-electron chi connectivity index (χ2n) is 6.64. The molecule has 0 heterocycles. The standard InChI is InChI=1S/C16H9F16NO/c1-6-4-2-3-5-7(6)33-9(34)11(21,22)13(25,26)15(29,30)16(31,32)14(27,28)12(23,24)10(19,20)8(17)18/h2-5,8H,1H3,(H,33,34). The number of amides is 1.